The van der Waals surface area contributed by atoms with Gasteiger partial charge in [-0.15, -0.1) is 0 Å². The van der Waals surface area contributed by atoms with Crippen molar-refractivity contribution in [3.05, 3.63) is 28.2 Å². The minimum atomic E-state index is -0.800. The third-order valence-corrected chi connectivity index (χ3v) is 4.40. The standard InChI is InChI=1S/C14H16Cl2N2O3/c1-8-6-9(13(19)20)4-5-18(8)14(21)17-10-2-3-11(15)12(16)7-10/h2-3,7-9H,4-6H2,1H3,(H,17,21)(H,19,20). The molecule has 2 atom stereocenters. The van der Waals surface area contributed by atoms with E-state index in [1.165, 1.54) is 0 Å². The summed E-state index contributed by atoms with van der Waals surface area (Å²) in [4.78, 5) is 24.9. The van der Waals surface area contributed by atoms with Crippen LogP contribution in [0.15, 0.2) is 18.2 Å². The zero-order valence-corrected chi connectivity index (χ0v) is 13.0. The van der Waals surface area contributed by atoms with E-state index in [4.69, 9.17) is 28.3 Å². The largest absolute Gasteiger partial charge is 0.481 e. The molecule has 1 fully saturated rings. The Morgan fingerprint density at radius 2 is 2.05 bits per heavy atom. The number of carbonyl (C=O) groups is 2. The maximum atomic E-state index is 12.2. The van der Waals surface area contributed by atoms with Crippen molar-refractivity contribution in [1.29, 1.82) is 0 Å². The highest BCUT2D eigenvalue weighted by Crippen LogP contribution is 2.27. The molecule has 21 heavy (non-hydrogen) atoms. The van der Waals surface area contributed by atoms with Crippen molar-refractivity contribution in [3.8, 4) is 0 Å². The van der Waals surface area contributed by atoms with Crippen LogP contribution in [-0.2, 0) is 4.79 Å². The first-order valence-corrected chi connectivity index (χ1v) is 7.39. The molecule has 5 nitrogen and oxygen atoms in total. The van der Waals surface area contributed by atoms with Gasteiger partial charge in [-0.25, -0.2) is 4.79 Å². The van der Waals surface area contributed by atoms with Crippen molar-refractivity contribution < 1.29 is 14.7 Å². The number of urea groups is 1. The maximum absolute atomic E-state index is 12.2. The Bertz CT molecular complexity index is 565. The SMILES string of the molecule is CC1CC(C(=O)O)CCN1C(=O)Nc1ccc(Cl)c(Cl)c1. The van der Waals surface area contributed by atoms with Crippen LogP contribution in [0.5, 0.6) is 0 Å². The molecular weight excluding hydrogens is 315 g/mol. The number of hydrogen-bond donors (Lipinski definition) is 2. The van der Waals surface area contributed by atoms with Gasteiger partial charge in [0.25, 0.3) is 0 Å². The molecule has 1 aromatic rings. The Morgan fingerprint density at radius 3 is 2.62 bits per heavy atom. The second-order valence-corrected chi connectivity index (χ2v) is 5.98. The van der Waals surface area contributed by atoms with Crippen LogP contribution in [0.25, 0.3) is 0 Å². The van der Waals surface area contributed by atoms with E-state index >= 15 is 0 Å². The second kappa shape index (κ2) is 6.54. The van der Waals surface area contributed by atoms with Crippen LogP contribution in [0.4, 0.5) is 10.5 Å². The predicted octanol–water partition coefficient (Wildman–Crippen LogP) is 3.71. The molecule has 2 N–H and O–H groups in total. The number of carboxylic acids is 1. The monoisotopic (exact) mass is 330 g/mol. The molecule has 0 aliphatic carbocycles. The number of piperidine rings is 1. The summed E-state index contributed by atoms with van der Waals surface area (Å²) in [6, 6.07) is 4.48. The fourth-order valence-corrected chi connectivity index (χ4v) is 2.77. The van der Waals surface area contributed by atoms with Gasteiger partial charge in [-0.05, 0) is 38.0 Å². The van der Waals surface area contributed by atoms with Gasteiger partial charge in [-0.3, -0.25) is 4.79 Å². The van der Waals surface area contributed by atoms with Gasteiger partial charge in [0.1, 0.15) is 0 Å². The topological polar surface area (TPSA) is 69.6 Å². The van der Waals surface area contributed by atoms with E-state index in [9.17, 15) is 9.59 Å². The normalized spacial score (nSPS) is 22.0. The molecule has 2 rings (SSSR count). The summed E-state index contributed by atoms with van der Waals surface area (Å²) in [5, 5.41) is 12.6. The van der Waals surface area contributed by atoms with Crippen LogP contribution in [-0.4, -0.2) is 34.6 Å². The van der Waals surface area contributed by atoms with Crippen molar-refractivity contribution in [2.75, 3.05) is 11.9 Å². The molecule has 0 aromatic heterocycles. The van der Waals surface area contributed by atoms with Crippen molar-refractivity contribution >= 4 is 40.9 Å². The molecule has 2 amide bonds. The number of carbonyl (C=O) groups excluding carboxylic acids is 1. The van der Waals surface area contributed by atoms with Crippen molar-refractivity contribution in [1.82, 2.24) is 4.90 Å². The fourth-order valence-electron chi connectivity index (χ4n) is 2.47. The number of carboxylic acid groups (broad SMARTS) is 1. The van der Waals surface area contributed by atoms with Crippen LogP contribution in [0.3, 0.4) is 0 Å². The van der Waals surface area contributed by atoms with Crippen LogP contribution in [0, 0.1) is 5.92 Å². The quantitative estimate of drug-likeness (QED) is 0.868. The Labute approximate surface area is 132 Å². The van der Waals surface area contributed by atoms with Gasteiger partial charge >= 0.3 is 12.0 Å². The summed E-state index contributed by atoms with van der Waals surface area (Å²) < 4.78 is 0. The van der Waals surface area contributed by atoms with Crippen LogP contribution in [0.2, 0.25) is 10.0 Å². The van der Waals surface area contributed by atoms with Gasteiger partial charge in [0.2, 0.25) is 0 Å². The average molecular weight is 331 g/mol. The average Bonchev–Trinajstić information content (AvgIpc) is 2.42. The zero-order chi connectivity index (χ0) is 15.6. The summed E-state index contributed by atoms with van der Waals surface area (Å²) in [5.74, 6) is -1.18. The van der Waals surface area contributed by atoms with Crippen LogP contribution < -0.4 is 5.32 Å². The summed E-state index contributed by atoms with van der Waals surface area (Å²) in [6.07, 6.45) is 0.929. The Hall–Kier alpha value is -1.46. The van der Waals surface area contributed by atoms with Crippen molar-refractivity contribution in [2.24, 2.45) is 5.92 Å². The first kappa shape index (κ1) is 15.9. The van der Waals surface area contributed by atoms with Gasteiger partial charge in [0.15, 0.2) is 0 Å². The van der Waals surface area contributed by atoms with E-state index in [2.05, 4.69) is 5.32 Å². The molecule has 0 bridgehead atoms. The summed E-state index contributed by atoms with van der Waals surface area (Å²) in [5.41, 5.74) is 0.557. The van der Waals surface area contributed by atoms with Gasteiger partial charge in [0, 0.05) is 18.3 Å². The second-order valence-electron chi connectivity index (χ2n) is 5.16. The molecule has 0 spiro atoms. The highest BCUT2D eigenvalue weighted by Gasteiger charge is 2.32. The van der Waals surface area contributed by atoms with Crippen molar-refractivity contribution in [3.63, 3.8) is 0 Å². The number of hydrogen-bond acceptors (Lipinski definition) is 2. The van der Waals surface area contributed by atoms with E-state index < -0.39 is 5.97 Å². The minimum Gasteiger partial charge on any atom is -0.481 e. The number of aliphatic carboxylic acids is 1. The maximum Gasteiger partial charge on any atom is 0.322 e. The zero-order valence-electron chi connectivity index (χ0n) is 11.5. The number of anilines is 1. The summed E-state index contributed by atoms with van der Waals surface area (Å²) in [7, 11) is 0. The number of nitrogens with zero attached hydrogens (tertiary/aromatic N) is 1. The molecule has 1 aromatic carbocycles. The Kier molecular flexibility index (Phi) is 4.96. The van der Waals surface area contributed by atoms with Gasteiger partial charge in [-0.2, -0.15) is 0 Å². The molecule has 2 unspecified atom stereocenters. The number of rotatable bonds is 2. The lowest BCUT2D eigenvalue weighted by Gasteiger charge is -2.36. The number of nitrogens with one attached hydrogen (secondary N) is 1. The molecule has 1 aliphatic rings. The van der Waals surface area contributed by atoms with Gasteiger partial charge in [-0.1, -0.05) is 23.2 Å². The summed E-state index contributed by atoms with van der Waals surface area (Å²) >= 11 is 11.7. The first-order valence-electron chi connectivity index (χ1n) is 6.64. The number of benzene rings is 1. The molecule has 1 heterocycles. The van der Waals surface area contributed by atoms with E-state index in [1.807, 2.05) is 6.92 Å². The Balaban J connectivity index is 2.00. The fraction of sp³-hybridized carbons (Fsp3) is 0.429. The third kappa shape index (κ3) is 3.80. The van der Waals surface area contributed by atoms with E-state index in [1.54, 1.807) is 23.1 Å². The van der Waals surface area contributed by atoms with Crippen molar-refractivity contribution in [2.45, 2.75) is 25.8 Å². The van der Waals surface area contributed by atoms with Crippen LogP contribution in [0.1, 0.15) is 19.8 Å². The van der Waals surface area contributed by atoms with Crippen LogP contribution >= 0.6 is 23.2 Å². The summed E-state index contributed by atoms with van der Waals surface area (Å²) in [6.45, 7) is 2.27. The molecule has 0 radical (unpaired) electrons. The van der Waals surface area contributed by atoms with E-state index in [0.717, 1.165) is 0 Å². The lowest BCUT2D eigenvalue weighted by Crippen LogP contribution is -2.47. The molecule has 114 valence electrons. The van der Waals surface area contributed by atoms with Gasteiger partial charge < -0.3 is 15.3 Å². The number of amides is 2. The lowest BCUT2D eigenvalue weighted by molar-refractivity contribution is -0.143. The number of likely N-dealkylation sites (tertiary alicyclic amines) is 1. The molecule has 7 heteroatoms. The Morgan fingerprint density at radius 1 is 1.33 bits per heavy atom. The molecule has 1 aliphatic heterocycles. The molecule has 1 saturated heterocycles. The van der Waals surface area contributed by atoms with E-state index in [0.29, 0.717) is 35.1 Å². The molecule has 0 saturated carbocycles. The lowest BCUT2D eigenvalue weighted by atomic mass is 9.92. The minimum absolute atomic E-state index is 0.123. The van der Waals surface area contributed by atoms with Gasteiger partial charge in [0.05, 0.1) is 16.0 Å². The number of halogens is 2. The first-order chi connectivity index (χ1) is 9.88. The third-order valence-electron chi connectivity index (χ3n) is 3.66. The predicted molar refractivity (Wildman–Crippen MR) is 82.0 cm³/mol. The highest BCUT2D eigenvalue weighted by molar-refractivity contribution is 6.42. The molecular formula is C14H16Cl2N2O3. The highest BCUT2D eigenvalue weighted by atomic mass is 35.5. The smallest absolute Gasteiger partial charge is 0.322 e. The van der Waals surface area contributed by atoms with E-state index in [-0.39, 0.29) is 18.0 Å².